The summed E-state index contributed by atoms with van der Waals surface area (Å²) in [6.45, 7) is 4.64. The summed E-state index contributed by atoms with van der Waals surface area (Å²) in [5, 5.41) is 12.7. The van der Waals surface area contributed by atoms with Crippen molar-refractivity contribution in [1.82, 2.24) is 5.32 Å². The van der Waals surface area contributed by atoms with E-state index in [1.54, 1.807) is 12.1 Å². The SMILES string of the molecule is CC(=O)NC[C@H]1CN(c2ccc(N3CCN(c4ccc(C#N)s4)CC3)c(F)c2)C(=O)O1. The number of nitrogens with zero attached hydrogens (tertiary/aromatic N) is 4. The van der Waals surface area contributed by atoms with Crippen molar-refractivity contribution >= 4 is 39.7 Å². The molecule has 10 heteroatoms. The summed E-state index contributed by atoms with van der Waals surface area (Å²) in [4.78, 5) is 29.4. The second-order valence-corrected chi connectivity index (χ2v) is 8.48. The molecule has 2 aromatic rings. The minimum absolute atomic E-state index is 0.199. The zero-order valence-electron chi connectivity index (χ0n) is 17.0. The predicted octanol–water partition coefficient (Wildman–Crippen LogP) is 2.55. The number of carbonyl (C=O) groups excluding carboxylic acids is 2. The minimum Gasteiger partial charge on any atom is -0.442 e. The van der Waals surface area contributed by atoms with E-state index in [4.69, 9.17) is 10.00 Å². The molecule has 0 radical (unpaired) electrons. The van der Waals surface area contributed by atoms with Crippen LogP contribution in [0.15, 0.2) is 30.3 Å². The molecule has 2 fully saturated rings. The number of halogens is 1. The van der Waals surface area contributed by atoms with E-state index in [2.05, 4.69) is 16.3 Å². The van der Waals surface area contributed by atoms with Gasteiger partial charge in [0.25, 0.3) is 0 Å². The van der Waals surface area contributed by atoms with E-state index >= 15 is 0 Å². The van der Waals surface area contributed by atoms with Crippen LogP contribution in [0.1, 0.15) is 11.8 Å². The average molecular weight is 444 g/mol. The molecule has 0 bridgehead atoms. The van der Waals surface area contributed by atoms with Gasteiger partial charge in [-0.25, -0.2) is 9.18 Å². The summed E-state index contributed by atoms with van der Waals surface area (Å²) in [5.74, 6) is -0.596. The van der Waals surface area contributed by atoms with Gasteiger partial charge in [0.05, 0.1) is 29.5 Å². The fraction of sp³-hybridized carbons (Fsp3) is 0.381. The van der Waals surface area contributed by atoms with E-state index in [-0.39, 0.29) is 19.0 Å². The van der Waals surface area contributed by atoms with Crippen molar-refractivity contribution in [2.75, 3.05) is 54.0 Å². The van der Waals surface area contributed by atoms with E-state index in [0.717, 1.165) is 18.1 Å². The Balaban J connectivity index is 1.39. The Labute approximate surface area is 183 Å². The van der Waals surface area contributed by atoms with Crippen LogP contribution in [-0.2, 0) is 9.53 Å². The van der Waals surface area contributed by atoms with Crippen LogP contribution in [0, 0.1) is 17.1 Å². The Kier molecular flexibility index (Phi) is 5.95. The summed E-state index contributed by atoms with van der Waals surface area (Å²) in [6, 6.07) is 10.7. The number of piperazine rings is 1. The Morgan fingerprint density at radius 2 is 2.00 bits per heavy atom. The lowest BCUT2D eigenvalue weighted by atomic mass is 10.2. The van der Waals surface area contributed by atoms with Gasteiger partial charge in [-0.05, 0) is 30.3 Å². The first-order chi connectivity index (χ1) is 14.9. The third-order valence-electron chi connectivity index (χ3n) is 5.33. The molecule has 1 aromatic carbocycles. The highest BCUT2D eigenvalue weighted by molar-refractivity contribution is 7.16. The Morgan fingerprint density at radius 1 is 1.26 bits per heavy atom. The zero-order chi connectivity index (χ0) is 22.0. The van der Waals surface area contributed by atoms with Gasteiger partial charge in [-0.2, -0.15) is 5.26 Å². The molecule has 0 unspecified atom stereocenters. The third-order valence-corrected chi connectivity index (χ3v) is 6.38. The van der Waals surface area contributed by atoms with Crippen molar-refractivity contribution in [1.29, 1.82) is 5.26 Å². The minimum atomic E-state index is -0.552. The maximum absolute atomic E-state index is 14.9. The van der Waals surface area contributed by atoms with Crippen molar-refractivity contribution in [3.05, 3.63) is 41.0 Å². The summed E-state index contributed by atoms with van der Waals surface area (Å²) in [5.41, 5.74) is 0.924. The summed E-state index contributed by atoms with van der Waals surface area (Å²) < 4.78 is 20.2. The summed E-state index contributed by atoms with van der Waals surface area (Å²) in [6.07, 6.45) is -1.02. The van der Waals surface area contributed by atoms with Gasteiger partial charge in [-0.1, -0.05) is 0 Å². The first kappa shape index (κ1) is 20.9. The topological polar surface area (TPSA) is 88.9 Å². The fourth-order valence-corrected chi connectivity index (χ4v) is 4.60. The number of amides is 2. The second kappa shape index (κ2) is 8.81. The first-order valence-electron chi connectivity index (χ1n) is 9.96. The number of hydrogen-bond donors (Lipinski definition) is 1. The molecular weight excluding hydrogens is 421 g/mol. The molecule has 1 N–H and O–H groups in total. The van der Waals surface area contributed by atoms with Crippen molar-refractivity contribution in [2.24, 2.45) is 0 Å². The van der Waals surface area contributed by atoms with Gasteiger partial charge in [-0.15, -0.1) is 11.3 Å². The molecule has 162 valence electrons. The number of anilines is 3. The third kappa shape index (κ3) is 4.56. The Morgan fingerprint density at radius 3 is 2.65 bits per heavy atom. The molecule has 31 heavy (non-hydrogen) atoms. The van der Waals surface area contributed by atoms with Crippen LogP contribution in [0.25, 0.3) is 0 Å². The van der Waals surface area contributed by atoms with Crippen molar-refractivity contribution in [3.8, 4) is 6.07 Å². The molecule has 1 atom stereocenters. The monoisotopic (exact) mass is 443 g/mol. The van der Waals surface area contributed by atoms with Gasteiger partial charge in [-0.3, -0.25) is 9.69 Å². The number of ether oxygens (including phenoxy) is 1. The number of benzene rings is 1. The number of cyclic esters (lactones) is 1. The van der Waals surface area contributed by atoms with Crippen molar-refractivity contribution < 1.29 is 18.7 Å². The average Bonchev–Trinajstić information content (AvgIpc) is 3.39. The largest absolute Gasteiger partial charge is 0.442 e. The number of hydrogen-bond acceptors (Lipinski definition) is 7. The highest BCUT2D eigenvalue weighted by atomic mass is 32.1. The molecule has 0 saturated carbocycles. The normalized spacial score (nSPS) is 18.7. The lowest BCUT2D eigenvalue weighted by Gasteiger charge is -2.36. The van der Waals surface area contributed by atoms with Crippen LogP contribution >= 0.6 is 11.3 Å². The van der Waals surface area contributed by atoms with Crippen LogP contribution in [0.2, 0.25) is 0 Å². The second-order valence-electron chi connectivity index (χ2n) is 7.41. The smallest absolute Gasteiger partial charge is 0.414 e. The van der Waals surface area contributed by atoms with Crippen LogP contribution in [0.3, 0.4) is 0 Å². The molecular formula is C21H22FN5O3S. The van der Waals surface area contributed by atoms with E-state index in [1.807, 2.05) is 17.0 Å². The number of nitrogens with one attached hydrogen (secondary N) is 1. The van der Waals surface area contributed by atoms with E-state index in [9.17, 15) is 14.0 Å². The first-order valence-corrected chi connectivity index (χ1v) is 10.8. The highest BCUT2D eigenvalue weighted by Gasteiger charge is 2.33. The fourth-order valence-electron chi connectivity index (χ4n) is 3.74. The zero-order valence-corrected chi connectivity index (χ0v) is 17.8. The summed E-state index contributed by atoms with van der Waals surface area (Å²) in [7, 11) is 0. The molecule has 2 saturated heterocycles. The molecule has 2 aliphatic heterocycles. The van der Waals surface area contributed by atoms with Gasteiger partial charge >= 0.3 is 6.09 Å². The molecule has 2 amide bonds. The van der Waals surface area contributed by atoms with Gasteiger partial charge in [0.15, 0.2) is 0 Å². The lowest BCUT2D eigenvalue weighted by Crippen LogP contribution is -2.46. The molecule has 0 aliphatic carbocycles. The molecule has 1 aromatic heterocycles. The molecule has 2 aliphatic rings. The molecule has 8 nitrogen and oxygen atoms in total. The molecule has 0 spiro atoms. The summed E-state index contributed by atoms with van der Waals surface area (Å²) >= 11 is 1.46. The Hall–Kier alpha value is -3.32. The van der Waals surface area contributed by atoms with Crippen LogP contribution in [0.4, 0.5) is 25.6 Å². The maximum atomic E-state index is 14.9. The van der Waals surface area contributed by atoms with Gasteiger partial charge < -0.3 is 19.9 Å². The van der Waals surface area contributed by atoms with Crippen molar-refractivity contribution in [2.45, 2.75) is 13.0 Å². The molecule has 3 heterocycles. The number of nitriles is 1. The van der Waals surface area contributed by atoms with Gasteiger partial charge in [0.2, 0.25) is 5.91 Å². The van der Waals surface area contributed by atoms with Gasteiger partial charge in [0, 0.05) is 33.1 Å². The predicted molar refractivity (Wildman–Crippen MR) is 116 cm³/mol. The van der Waals surface area contributed by atoms with E-state index < -0.39 is 18.0 Å². The van der Waals surface area contributed by atoms with Crippen LogP contribution in [-0.4, -0.2) is 57.4 Å². The molecule has 4 rings (SSSR count). The van der Waals surface area contributed by atoms with Gasteiger partial charge in [0.1, 0.15) is 22.9 Å². The maximum Gasteiger partial charge on any atom is 0.414 e. The Bertz CT molecular complexity index is 1030. The quantitative estimate of drug-likeness (QED) is 0.764. The highest BCUT2D eigenvalue weighted by Crippen LogP contribution is 2.30. The number of thiophene rings is 1. The number of rotatable bonds is 5. The van der Waals surface area contributed by atoms with E-state index in [0.29, 0.717) is 29.3 Å². The van der Waals surface area contributed by atoms with Crippen LogP contribution in [0.5, 0.6) is 0 Å². The van der Waals surface area contributed by atoms with Crippen molar-refractivity contribution in [3.63, 3.8) is 0 Å². The van der Waals surface area contributed by atoms with Crippen LogP contribution < -0.4 is 20.0 Å². The number of carbonyl (C=O) groups is 2. The van der Waals surface area contributed by atoms with E-state index in [1.165, 1.54) is 29.2 Å². The standard InChI is InChI=1S/C21H22FN5O3S/c1-14(28)24-12-16-13-27(21(29)30-16)15-2-4-19(18(22)10-15)25-6-8-26(9-7-25)20-5-3-17(11-23)31-20/h2-5,10,16H,6-9,12-13H2,1H3,(H,24,28)/t16-/m0/s1. The lowest BCUT2D eigenvalue weighted by molar-refractivity contribution is -0.119.